The third-order valence-electron chi connectivity index (χ3n) is 8.72. The van der Waals surface area contributed by atoms with Crippen LogP contribution in [0.3, 0.4) is 0 Å². The third-order valence-corrected chi connectivity index (χ3v) is 9.64. The van der Waals surface area contributed by atoms with Gasteiger partial charge in [-0.25, -0.2) is 0 Å². The number of anilines is 2. The van der Waals surface area contributed by atoms with Crippen LogP contribution in [0.1, 0.15) is 43.2 Å². The van der Waals surface area contributed by atoms with E-state index < -0.39 is 0 Å². The largest absolute Gasteiger partial charge is 0.397 e. The van der Waals surface area contributed by atoms with Crippen molar-refractivity contribution in [2.75, 3.05) is 24.6 Å². The van der Waals surface area contributed by atoms with E-state index in [0.717, 1.165) is 40.3 Å². The van der Waals surface area contributed by atoms with Crippen molar-refractivity contribution < 1.29 is 4.79 Å². The summed E-state index contributed by atoms with van der Waals surface area (Å²) in [6.07, 6.45) is 10.8. The normalized spacial score (nSPS) is 26.3. The van der Waals surface area contributed by atoms with Crippen molar-refractivity contribution in [1.29, 1.82) is 0 Å². The number of hydrogen-bond donors (Lipinski definition) is 2. The first-order chi connectivity index (χ1) is 17.5. The Bertz CT molecular complexity index is 1250. The van der Waals surface area contributed by atoms with E-state index in [0.29, 0.717) is 16.8 Å². The van der Waals surface area contributed by atoms with Gasteiger partial charge in [0.05, 0.1) is 11.4 Å². The summed E-state index contributed by atoms with van der Waals surface area (Å²) in [4.78, 5) is 16.3. The maximum atomic E-state index is 12.6. The van der Waals surface area contributed by atoms with E-state index in [4.69, 9.17) is 5.73 Å². The number of nitrogen functional groups attached to an aromatic ring is 1. The standard InChI is InChI=1S/C31H35N3OS/c1-34(20-31-17-23-13-24(18-31)15-26(31)14-23)19-22-6-4-21(5-7-22)8-11-30(35)33-28-16-25(9-10-27(28)32)29-3-2-12-36-29/h2-12,16,23-24,26H,13-15,17-20,32H2,1H3,(H,33,35)/b11-8+. The summed E-state index contributed by atoms with van der Waals surface area (Å²) in [5.74, 6) is 2.82. The maximum absolute atomic E-state index is 12.6. The number of nitrogens with two attached hydrogens (primary N) is 1. The highest BCUT2D eigenvalue weighted by Crippen LogP contribution is 2.65. The quantitative estimate of drug-likeness (QED) is 0.263. The van der Waals surface area contributed by atoms with E-state index in [1.807, 2.05) is 35.7 Å². The molecule has 2 unspecified atom stereocenters. The van der Waals surface area contributed by atoms with Crippen LogP contribution < -0.4 is 11.1 Å². The van der Waals surface area contributed by atoms with Gasteiger partial charge in [0.2, 0.25) is 5.91 Å². The number of nitrogens with one attached hydrogen (secondary N) is 1. The topological polar surface area (TPSA) is 58.4 Å². The van der Waals surface area contributed by atoms with Crippen molar-refractivity contribution in [3.05, 3.63) is 77.2 Å². The number of nitrogens with zero attached hydrogens (tertiary/aromatic N) is 1. The Morgan fingerprint density at radius 2 is 1.89 bits per heavy atom. The molecular weight excluding hydrogens is 462 g/mol. The first kappa shape index (κ1) is 23.5. The van der Waals surface area contributed by atoms with Crippen LogP contribution in [0.25, 0.3) is 16.5 Å². The van der Waals surface area contributed by atoms with Gasteiger partial charge < -0.3 is 16.0 Å². The van der Waals surface area contributed by atoms with Crippen LogP contribution in [-0.2, 0) is 11.3 Å². The van der Waals surface area contributed by atoms with E-state index in [1.54, 1.807) is 17.4 Å². The second-order valence-electron chi connectivity index (χ2n) is 11.4. The molecule has 2 atom stereocenters. The molecular formula is C31H35N3OS. The maximum Gasteiger partial charge on any atom is 0.248 e. The van der Waals surface area contributed by atoms with Gasteiger partial charge in [0.1, 0.15) is 0 Å². The molecule has 1 heterocycles. The van der Waals surface area contributed by atoms with Gasteiger partial charge in [0.25, 0.3) is 0 Å². The van der Waals surface area contributed by atoms with Crippen LogP contribution in [0.4, 0.5) is 11.4 Å². The van der Waals surface area contributed by atoms with Crippen molar-refractivity contribution in [2.24, 2.45) is 23.2 Å². The molecule has 186 valence electrons. The predicted molar refractivity (Wildman–Crippen MR) is 151 cm³/mol. The minimum Gasteiger partial charge on any atom is -0.397 e. The number of benzene rings is 2. The first-order valence-corrected chi connectivity index (χ1v) is 14.0. The molecule has 4 bridgehead atoms. The molecule has 4 fully saturated rings. The average molecular weight is 498 g/mol. The van der Waals surface area contributed by atoms with E-state index in [2.05, 4.69) is 47.6 Å². The minimum absolute atomic E-state index is 0.186. The lowest BCUT2D eigenvalue weighted by Crippen LogP contribution is -2.36. The van der Waals surface area contributed by atoms with E-state index >= 15 is 0 Å². The van der Waals surface area contributed by atoms with Gasteiger partial charge in [-0.15, -0.1) is 11.3 Å². The number of carbonyl (C=O) groups is 1. The van der Waals surface area contributed by atoms with E-state index in [-0.39, 0.29) is 5.91 Å². The second kappa shape index (κ2) is 9.53. The van der Waals surface area contributed by atoms with Crippen LogP contribution in [0, 0.1) is 23.2 Å². The Labute approximate surface area is 218 Å². The molecule has 2 aromatic carbocycles. The molecule has 4 nitrogen and oxygen atoms in total. The highest BCUT2D eigenvalue weighted by Gasteiger charge is 2.57. The third kappa shape index (κ3) is 4.74. The van der Waals surface area contributed by atoms with Crippen molar-refractivity contribution in [3.63, 3.8) is 0 Å². The molecule has 0 aliphatic heterocycles. The van der Waals surface area contributed by atoms with Crippen molar-refractivity contribution >= 4 is 34.7 Å². The lowest BCUT2D eigenvalue weighted by Gasteiger charge is -2.36. The Balaban J connectivity index is 1.04. The van der Waals surface area contributed by atoms with Crippen LogP contribution in [0.5, 0.6) is 0 Å². The zero-order valence-corrected chi connectivity index (χ0v) is 21.8. The monoisotopic (exact) mass is 497 g/mol. The fourth-order valence-electron chi connectivity index (χ4n) is 7.47. The fourth-order valence-corrected chi connectivity index (χ4v) is 8.19. The molecule has 0 saturated heterocycles. The van der Waals surface area contributed by atoms with Crippen LogP contribution in [0.15, 0.2) is 66.1 Å². The number of rotatable bonds is 8. The Morgan fingerprint density at radius 3 is 2.61 bits per heavy atom. The van der Waals surface area contributed by atoms with Gasteiger partial charge in [-0.1, -0.05) is 36.4 Å². The highest BCUT2D eigenvalue weighted by atomic mass is 32.1. The molecule has 4 aliphatic rings. The summed E-state index contributed by atoms with van der Waals surface area (Å²) in [6.45, 7) is 2.22. The molecule has 36 heavy (non-hydrogen) atoms. The zero-order valence-electron chi connectivity index (χ0n) is 21.0. The van der Waals surface area contributed by atoms with E-state index in [1.165, 1.54) is 44.2 Å². The molecule has 1 aromatic heterocycles. The summed E-state index contributed by atoms with van der Waals surface area (Å²) < 4.78 is 0. The van der Waals surface area contributed by atoms with Crippen LogP contribution in [0.2, 0.25) is 0 Å². The van der Waals surface area contributed by atoms with Crippen molar-refractivity contribution in [2.45, 2.75) is 38.6 Å². The molecule has 4 saturated carbocycles. The summed E-state index contributed by atoms with van der Waals surface area (Å²) >= 11 is 1.66. The van der Waals surface area contributed by atoms with Gasteiger partial charge >= 0.3 is 0 Å². The second-order valence-corrected chi connectivity index (χ2v) is 12.4. The Kier molecular flexibility index (Phi) is 6.22. The SMILES string of the molecule is CN(Cc1ccc(/C=C/C(=O)Nc2cc(-c3cccs3)ccc2N)cc1)CC12CC3CC(CC1C3)C2. The van der Waals surface area contributed by atoms with Crippen molar-refractivity contribution in [1.82, 2.24) is 4.90 Å². The van der Waals surface area contributed by atoms with E-state index in [9.17, 15) is 4.79 Å². The van der Waals surface area contributed by atoms with Gasteiger partial charge in [0, 0.05) is 24.0 Å². The number of carbonyl (C=O) groups excluding carboxylic acids is 1. The molecule has 5 heteroatoms. The molecule has 3 N–H and O–H groups in total. The Morgan fingerprint density at radius 1 is 1.11 bits per heavy atom. The van der Waals surface area contributed by atoms with Gasteiger partial charge in [-0.05, 0) is 109 Å². The molecule has 0 radical (unpaired) electrons. The number of hydrogen-bond acceptors (Lipinski definition) is 4. The summed E-state index contributed by atoms with van der Waals surface area (Å²) in [6, 6.07) is 18.4. The van der Waals surface area contributed by atoms with Gasteiger partial charge in [0.15, 0.2) is 0 Å². The van der Waals surface area contributed by atoms with Gasteiger partial charge in [-0.2, -0.15) is 0 Å². The molecule has 7 rings (SSSR count). The Hall–Kier alpha value is -2.89. The molecule has 4 aliphatic carbocycles. The summed E-state index contributed by atoms with van der Waals surface area (Å²) in [5, 5.41) is 4.97. The molecule has 3 aromatic rings. The predicted octanol–water partition coefficient (Wildman–Crippen LogP) is 6.91. The first-order valence-electron chi connectivity index (χ1n) is 13.2. The fraction of sp³-hybridized carbons (Fsp3) is 0.387. The zero-order chi connectivity index (χ0) is 24.7. The van der Waals surface area contributed by atoms with Crippen LogP contribution >= 0.6 is 11.3 Å². The summed E-state index contributed by atoms with van der Waals surface area (Å²) in [7, 11) is 2.28. The highest BCUT2D eigenvalue weighted by molar-refractivity contribution is 7.13. The molecule has 1 amide bonds. The van der Waals surface area contributed by atoms with Gasteiger partial charge in [-0.3, -0.25) is 4.79 Å². The smallest absolute Gasteiger partial charge is 0.248 e. The van der Waals surface area contributed by atoms with Crippen LogP contribution in [-0.4, -0.2) is 24.4 Å². The average Bonchev–Trinajstić information content (AvgIpc) is 3.52. The minimum atomic E-state index is -0.186. The van der Waals surface area contributed by atoms with Crippen molar-refractivity contribution in [3.8, 4) is 10.4 Å². The lowest BCUT2D eigenvalue weighted by molar-refractivity contribution is -0.111. The number of thiophene rings is 1. The lowest BCUT2D eigenvalue weighted by atomic mass is 9.75. The summed E-state index contributed by atoms with van der Waals surface area (Å²) in [5.41, 5.74) is 11.3. The molecule has 0 spiro atoms. The number of amides is 1.